The fraction of sp³-hybridized carbons (Fsp3) is 0.182. The van der Waals surface area contributed by atoms with Crippen molar-refractivity contribution >= 4 is 34.6 Å². The van der Waals surface area contributed by atoms with Crippen LogP contribution in [-0.2, 0) is 4.79 Å². The van der Waals surface area contributed by atoms with Gasteiger partial charge in [-0.3, -0.25) is 4.79 Å². The van der Waals surface area contributed by atoms with Crippen LogP contribution in [0.3, 0.4) is 0 Å². The molecule has 1 aromatic carbocycles. The summed E-state index contributed by atoms with van der Waals surface area (Å²) < 4.78 is 6.21. The monoisotopic (exact) mass is 302 g/mol. The fourth-order valence-corrected chi connectivity index (χ4v) is 1.99. The summed E-state index contributed by atoms with van der Waals surface area (Å²) in [6, 6.07) is 3.89. The van der Waals surface area contributed by atoms with Crippen LogP contribution in [0.15, 0.2) is 18.7 Å². The second kappa shape index (κ2) is 4.59. The van der Waals surface area contributed by atoms with Crippen LogP contribution in [0, 0.1) is 10.5 Å². The summed E-state index contributed by atoms with van der Waals surface area (Å²) in [6.07, 6.45) is 1.69. The lowest BCUT2D eigenvalue weighted by molar-refractivity contribution is -0.131. The van der Waals surface area contributed by atoms with Gasteiger partial charge >= 0.3 is 5.97 Å². The van der Waals surface area contributed by atoms with E-state index in [9.17, 15) is 4.79 Å². The Bertz CT molecular complexity index is 383. The Labute approximate surface area is 97.1 Å². The van der Waals surface area contributed by atoms with E-state index in [-0.39, 0.29) is 5.97 Å². The molecule has 1 rings (SSSR count). The van der Waals surface area contributed by atoms with Gasteiger partial charge in [0.05, 0.1) is 0 Å². The number of carbonyl (C=O) groups excluding carboxylic acids is 1. The quantitative estimate of drug-likeness (QED) is 0.476. The zero-order valence-corrected chi connectivity index (χ0v) is 10.3. The minimum atomic E-state index is -0.308. The highest BCUT2D eigenvalue weighted by atomic mass is 127. The van der Waals surface area contributed by atoms with Crippen LogP contribution >= 0.6 is 22.6 Å². The van der Waals surface area contributed by atoms with Crippen molar-refractivity contribution in [1.29, 1.82) is 0 Å². The first-order valence-electron chi connectivity index (χ1n) is 4.15. The molecule has 0 aliphatic heterocycles. The van der Waals surface area contributed by atoms with Crippen LogP contribution in [0.1, 0.15) is 18.1 Å². The Balaban J connectivity index is 3.24. The predicted octanol–water partition coefficient (Wildman–Crippen LogP) is 3.17. The van der Waals surface area contributed by atoms with E-state index in [4.69, 9.17) is 4.74 Å². The number of esters is 1. The molecule has 0 N–H and O–H groups in total. The van der Waals surface area contributed by atoms with Crippen LogP contribution in [0.5, 0.6) is 5.75 Å². The molecule has 0 fully saturated rings. The maximum atomic E-state index is 10.9. The normalized spacial score (nSPS) is 9.64. The van der Waals surface area contributed by atoms with Crippen LogP contribution < -0.4 is 4.74 Å². The van der Waals surface area contributed by atoms with Gasteiger partial charge in [0.25, 0.3) is 0 Å². The Morgan fingerprint density at radius 1 is 1.57 bits per heavy atom. The van der Waals surface area contributed by atoms with E-state index in [2.05, 4.69) is 29.2 Å². The van der Waals surface area contributed by atoms with Crippen molar-refractivity contribution in [2.45, 2.75) is 13.8 Å². The van der Waals surface area contributed by atoms with Crippen molar-refractivity contribution in [1.82, 2.24) is 0 Å². The molecule has 0 saturated carbocycles. The van der Waals surface area contributed by atoms with Gasteiger partial charge in [-0.2, -0.15) is 0 Å². The van der Waals surface area contributed by atoms with Gasteiger partial charge in [0.1, 0.15) is 5.75 Å². The minimum absolute atomic E-state index is 0.308. The summed E-state index contributed by atoms with van der Waals surface area (Å²) in [5.74, 6) is 0.297. The molecule has 0 atom stereocenters. The molecule has 0 unspecified atom stereocenters. The third kappa shape index (κ3) is 2.57. The summed E-state index contributed by atoms with van der Waals surface area (Å²) in [6.45, 7) is 6.99. The Hall–Kier alpha value is -0.840. The van der Waals surface area contributed by atoms with E-state index in [1.807, 2.05) is 19.1 Å². The minimum Gasteiger partial charge on any atom is -0.426 e. The maximum absolute atomic E-state index is 10.9. The second-order valence-corrected chi connectivity index (χ2v) is 4.18. The van der Waals surface area contributed by atoms with Crippen LogP contribution in [0.4, 0.5) is 0 Å². The second-order valence-electron chi connectivity index (χ2n) is 2.94. The highest BCUT2D eigenvalue weighted by Gasteiger charge is 2.08. The number of rotatable bonds is 2. The van der Waals surface area contributed by atoms with Gasteiger partial charge in [0, 0.05) is 16.1 Å². The average Bonchev–Trinajstić information content (AvgIpc) is 2.08. The highest BCUT2D eigenvalue weighted by molar-refractivity contribution is 14.1. The number of ether oxygens (including phenoxy) is 1. The molecule has 0 spiro atoms. The Kier molecular flexibility index (Phi) is 3.69. The molecule has 0 amide bonds. The maximum Gasteiger partial charge on any atom is 0.308 e. The van der Waals surface area contributed by atoms with E-state index in [0.29, 0.717) is 5.75 Å². The van der Waals surface area contributed by atoms with Crippen molar-refractivity contribution in [3.8, 4) is 5.75 Å². The molecule has 0 heterocycles. The third-order valence-electron chi connectivity index (χ3n) is 1.73. The molecule has 0 bridgehead atoms. The first-order valence-corrected chi connectivity index (χ1v) is 5.23. The van der Waals surface area contributed by atoms with E-state index < -0.39 is 0 Å². The molecular formula is C11H11IO2. The van der Waals surface area contributed by atoms with Gasteiger partial charge in [-0.25, -0.2) is 0 Å². The molecule has 0 radical (unpaired) electrons. The van der Waals surface area contributed by atoms with Crippen LogP contribution in [-0.4, -0.2) is 5.97 Å². The van der Waals surface area contributed by atoms with Crippen LogP contribution in [0.2, 0.25) is 0 Å². The van der Waals surface area contributed by atoms with Crippen molar-refractivity contribution in [3.63, 3.8) is 0 Å². The lowest BCUT2D eigenvalue weighted by atomic mass is 10.1. The van der Waals surface area contributed by atoms with Gasteiger partial charge in [0.15, 0.2) is 0 Å². The molecule has 0 saturated heterocycles. The van der Waals surface area contributed by atoms with E-state index in [0.717, 1.165) is 14.7 Å². The standard InChI is InChI=1S/C11H11IO2/c1-4-9-6-10(12)5-7(2)11(9)14-8(3)13/h4-6H,1H2,2-3H3. The van der Waals surface area contributed by atoms with Gasteiger partial charge in [-0.1, -0.05) is 12.7 Å². The number of hydrogen-bond donors (Lipinski definition) is 0. The summed E-state index contributed by atoms with van der Waals surface area (Å²) >= 11 is 2.22. The Morgan fingerprint density at radius 3 is 2.71 bits per heavy atom. The average molecular weight is 302 g/mol. The van der Waals surface area contributed by atoms with Crippen LogP contribution in [0.25, 0.3) is 6.08 Å². The van der Waals surface area contributed by atoms with E-state index in [1.54, 1.807) is 6.08 Å². The lowest BCUT2D eigenvalue weighted by Gasteiger charge is -2.09. The topological polar surface area (TPSA) is 26.3 Å². The smallest absolute Gasteiger partial charge is 0.308 e. The molecule has 0 aliphatic rings. The van der Waals surface area contributed by atoms with E-state index >= 15 is 0 Å². The molecule has 2 nitrogen and oxygen atoms in total. The molecular weight excluding hydrogens is 291 g/mol. The molecule has 1 aromatic rings. The first kappa shape index (κ1) is 11.2. The lowest BCUT2D eigenvalue weighted by Crippen LogP contribution is -2.04. The third-order valence-corrected chi connectivity index (χ3v) is 2.36. The Morgan fingerprint density at radius 2 is 2.21 bits per heavy atom. The summed E-state index contributed by atoms with van der Waals surface area (Å²) in [7, 11) is 0. The van der Waals surface area contributed by atoms with E-state index in [1.165, 1.54) is 6.92 Å². The van der Waals surface area contributed by atoms with Crippen molar-refractivity contribution in [3.05, 3.63) is 33.4 Å². The highest BCUT2D eigenvalue weighted by Crippen LogP contribution is 2.27. The number of halogens is 1. The number of carbonyl (C=O) groups is 1. The summed E-state index contributed by atoms with van der Waals surface area (Å²) in [5.41, 5.74) is 1.80. The molecule has 14 heavy (non-hydrogen) atoms. The molecule has 74 valence electrons. The number of hydrogen-bond acceptors (Lipinski definition) is 2. The fourth-order valence-electron chi connectivity index (χ4n) is 1.19. The van der Waals surface area contributed by atoms with Crippen molar-refractivity contribution in [2.24, 2.45) is 0 Å². The number of aryl methyl sites for hydroxylation is 1. The molecule has 0 aromatic heterocycles. The first-order chi connectivity index (χ1) is 6.54. The number of benzene rings is 1. The SMILES string of the molecule is C=Cc1cc(I)cc(C)c1OC(C)=O. The zero-order chi connectivity index (χ0) is 10.7. The largest absolute Gasteiger partial charge is 0.426 e. The van der Waals surface area contributed by atoms with Gasteiger partial charge in [-0.05, 0) is 47.2 Å². The van der Waals surface area contributed by atoms with Crippen molar-refractivity contribution < 1.29 is 9.53 Å². The molecule has 0 aliphatic carbocycles. The van der Waals surface area contributed by atoms with Gasteiger partial charge in [-0.15, -0.1) is 0 Å². The van der Waals surface area contributed by atoms with Gasteiger partial charge in [0.2, 0.25) is 0 Å². The van der Waals surface area contributed by atoms with Crippen molar-refractivity contribution in [2.75, 3.05) is 0 Å². The molecule has 3 heteroatoms. The zero-order valence-electron chi connectivity index (χ0n) is 8.13. The summed E-state index contributed by atoms with van der Waals surface area (Å²) in [5, 5.41) is 0. The predicted molar refractivity (Wildman–Crippen MR) is 65.3 cm³/mol. The summed E-state index contributed by atoms with van der Waals surface area (Å²) in [4.78, 5) is 10.9. The van der Waals surface area contributed by atoms with Gasteiger partial charge < -0.3 is 4.74 Å².